The summed E-state index contributed by atoms with van der Waals surface area (Å²) in [5.41, 5.74) is 2.26. The van der Waals surface area contributed by atoms with Gasteiger partial charge in [-0.1, -0.05) is 12.1 Å². The number of nitrogens with one attached hydrogen (secondary N) is 1. The lowest BCUT2D eigenvalue weighted by atomic mass is 10.1. The van der Waals surface area contributed by atoms with Crippen molar-refractivity contribution in [3.8, 4) is 6.07 Å². The highest BCUT2D eigenvalue weighted by Crippen LogP contribution is 2.10. The first-order chi connectivity index (χ1) is 10.9. The van der Waals surface area contributed by atoms with Crippen LogP contribution in [0.25, 0.3) is 0 Å². The Morgan fingerprint density at radius 2 is 2.09 bits per heavy atom. The normalized spacial score (nSPS) is 12.7. The lowest BCUT2D eigenvalue weighted by Gasteiger charge is -2.14. The Bertz CT molecular complexity index is 803. The molecule has 0 unspecified atom stereocenters. The van der Waals surface area contributed by atoms with Gasteiger partial charge in [-0.3, -0.25) is 0 Å². The average Bonchev–Trinajstić information content (AvgIpc) is 2.89. The highest BCUT2D eigenvalue weighted by atomic mass is 32.2. The maximum Gasteiger partial charge on any atom is 0.216 e. The van der Waals surface area contributed by atoms with Crippen molar-refractivity contribution in [2.45, 2.75) is 31.6 Å². The Labute approximate surface area is 137 Å². The molecule has 2 aromatic rings. The van der Waals surface area contributed by atoms with Gasteiger partial charge in [0.15, 0.2) is 0 Å². The van der Waals surface area contributed by atoms with Crippen molar-refractivity contribution >= 4 is 10.0 Å². The lowest BCUT2D eigenvalue weighted by molar-refractivity contribution is 0.542. The molecule has 1 N–H and O–H groups in total. The molecule has 0 amide bonds. The summed E-state index contributed by atoms with van der Waals surface area (Å²) in [6.45, 7) is 1.87. The summed E-state index contributed by atoms with van der Waals surface area (Å²) in [7, 11) is -1.45. The van der Waals surface area contributed by atoms with Crippen LogP contribution >= 0.6 is 0 Å². The smallest absolute Gasteiger partial charge is 0.216 e. The van der Waals surface area contributed by atoms with Crippen molar-refractivity contribution in [1.29, 1.82) is 5.26 Å². The molecule has 1 heterocycles. The number of hydrogen-bond donors (Lipinski definition) is 1. The molecule has 0 saturated carbocycles. The topological polar surface area (TPSA) is 74.9 Å². The van der Waals surface area contributed by atoms with E-state index in [4.69, 9.17) is 5.26 Å². The van der Waals surface area contributed by atoms with Crippen molar-refractivity contribution in [2.24, 2.45) is 7.05 Å². The van der Waals surface area contributed by atoms with Gasteiger partial charge in [0, 0.05) is 25.0 Å². The van der Waals surface area contributed by atoms with Crippen LogP contribution in [0.15, 0.2) is 42.6 Å². The summed E-state index contributed by atoms with van der Waals surface area (Å²) >= 11 is 0. The first-order valence-electron chi connectivity index (χ1n) is 7.49. The van der Waals surface area contributed by atoms with E-state index in [-0.39, 0.29) is 11.8 Å². The van der Waals surface area contributed by atoms with Crippen molar-refractivity contribution in [1.82, 2.24) is 9.29 Å². The van der Waals surface area contributed by atoms with Crippen LogP contribution in [-0.4, -0.2) is 19.0 Å². The molecule has 0 fully saturated rings. The third-order valence-electron chi connectivity index (χ3n) is 3.68. The molecule has 2 rings (SSSR count). The van der Waals surface area contributed by atoms with Gasteiger partial charge in [-0.05, 0) is 49.6 Å². The second-order valence-corrected chi connectivity index (χ2v) is 7.49. The molecule has 0 bridgehead atoms. The van der Waals surface area contributed by atoms with E-state index >= 15 is 0 Å². The standard InChI is InChI=1S/C17H21N3O2S/c1-14(8-9-17-7-4-10-20(17)2)19-23(21,22)13-16-6-3-5-15(11-16)12-18/h3-7,10-11,14,19H,8-9,13H2,1-2H3/t14-/m0/s1. The fourth-order valence-corrected chi connectivity index (χ4v) is 3.91. The van der Waals surface area contributed by atoms with Gasteiger partial charge >= 0.3 is 0 Å². The summed E-state index contributed by atoms with van der Waals surface area (Å²) in [6, 6.07) is 12.6. The van der Waals surface area contributed by atoms with E-state index in [0.29, 0.717) is 11.1 Å². The number of rotatable bonds is 7. The highest BCUT2D eigenvalue weighted by molar-refractivity contribution is 7.88. The Hall–Kier alpha value is -2.10. The maximum atomic E-state index is 12.2. The van der Waals surface area contributed by atoms with Crippen molar-refractivity contribution < 1.29 is 8.42 Å². The number of hydrogen-bond acceptors (Lipinski definition) is 3. The number of sulfonamides is 1. The predicted octanol–water partition coefficient (Wildman–Crippen LogP) is 2.34. The van der Waals surface area contributed by atoms with Gasteiger partial charge in [-0.15, -0.1) is 0 Å². The fourth-order valence-electron chi connectivity index (χ4n) is 2.48. The first kappa shape index (κ1) is 17.3. The van der Waals surface area contributed by atoms with Crippen LogP contribution in [0.3, 0.4) is 0 Å². The number of benzene rings is 1. The molecular formula is C17H21N3O2S. The van der Waals surface area contributed by atoms with Crippen molar-refractivity contribution in [3.05, 3.63) is 59.4 Å². The van der Waals surface area contributed by atoms with E-state index in [1.807, 2.05) is 42.9 Å². The second-order valence-electron chi connectivity index (χ2n) is 5.74. The van der Waals surface area contributed by atoms with E-state index in [2.05, 4.69) is 4.72 Å². The molecular weight excluding hydrogens is 310 g/mol. The quantitative estimate of drug-likeness (QED) is 0.846. The zero-order valence-corrected chi connectivity index (χ0v) is 14.2. The van der Waals surface area contributed by atoms with Gasteiger partial charge in [-0.25, -0.2) is 13.1 Å². The van der Waals surface area contributed by atoms with Gasteiger partial charge in [0.1, 0.15) is 0 Å². The van der Waals surface area contributed by atoms with Crippen LogP contribution in [0.2, 0.25) is 0 Å². The number of nitriles is 1. The largest absolute Gasteiger partial charge is 0.354 e. The van der Waals surface area contributed by atoms with Crippen LogP contribution < -0.4 is 4.72 Å². The van der Waals surface area contributed by atoms with E-state index in [1.165, 1.54) is 5.69 Å². The SMILES string of the molecule is C[C@@H](CCc1cccn1C)NS(=O)(=O)Cc1cccc(C#N)c1. The zero-order valence-electron chi connectivity index (χ0n) is 13.4. The summed E-state index contributed by atoms with van der Waals surface area (Å²) in [4.78, 5) is 0. The van der Waals surface area contributed by atoms with E-state index < -0.39 is 10.0 Å². The first-order valence-corrected chi connectivity index (χ1v) is 9.14. The summed E-state index contributed by atoms with van der Waals surface area (Å²) in [6.07, 6.45) is 3.53. The molecule has 0 saturated heterocycles. The van der Waals surface area contributed by atoms with Crippen LogP contribution in [0.4, 0.5) is 0 Å². The number of nitrogens with zero attached hydrogens (tertiary/aromatic N) is 2. The Morgan fingerprint density at radius 3 is 2.74 bits per heavy atom. The molecule has 23 heavy (non-hydrogen) atoms. The molecule has 1 aromatic heterocycles. The van der Waals surface area contributed by atoms with Gasteiger partial charge in [-0.2, -0.15) is 5.26 Å². The van der Waals surface area contributed by atoms with Crippen molar-refractivity contribution in [2.75, 3.05) is 0 Å². The van der Waals surface area contributed by atoms with E-state index in [0.717, 1.165) is 12.8 Å². The Morgan fingerprint density at radius 1 is 1.30 bits per heavy atom. The second kappa shape index (κ2) is 7.44. The zero-order chi connectivity index (χ0) is 16.9. The molecule has 1 atom stereocenters. The molecule has 0 aliphatic carbocycles. The number of aryl methyl sites for hydroxylation is 2. The fraction of sp³-hybridized carbons (Fsp3) is 0.353. The Balaban J connectivity index is 1.92. The van der Waals surface area contributed by atoms with Gasteiger partial charge < -0.3 is 4.57 Å². The minimum atomic E-state index is -3.43. The molecule has 0 aliphatic heterocycles. The van der Waals surface area contributed by atoms with Crippen LogP contribution in [0, 0.1) is 11.3 Å². The molecule has 5 nitrogen and oxygen atoms in total. The molecule has 0 aliphatic rings. The lowest BCUT2D eigenvalue weighted by Crippen LogP contribution is -2.34. The minimum Gasteiger partial charge on any atom is -0.354 e. The molecule has 0 spiro atoms. The van der Waals surface area contributed by atoms with Gasteiger partial charge in [0.05, 0.1) is 17.4 Å². The van der Waals surface area contributed by atoms with E-state index in [1.54, 1.807) is 24.3 Å². The monoisotopic (exact) mass is 331 g/mol. The molecule has 0 radical (unpaired) electrons. The maximum absolute atomic E-state index is 12.2. The predicted molar refractivity (Wildman–Crippen MR) is 90.1 cm³/mol. The van der Waals surface area contributed by atoms with Gasteiger partial charge in [0.25, 0.3) is 0 Å². The minimum absolute atomic E-state index is 0.114. The summed E-state index contributed by atoms with van der Waals surface area (Å²) in [5, 5.41) is 8.87. The molecule has 1 aromatic carbocycles. The van der Waals surface area contributed by atoms with Crippen molar-refractivity contribution in [3.63, 3.8) is 0 Å². The Kier molecular flexibility index (Phi) is 5.59. The van der Waals surface area contributed by atoms with E-state index in [9.17, 15) is 8.42 Å². The van der Waals surface area contributed by atoms with Crippen LogP contribution in [0.1, 0.15) is 30.2 Å². The average molecular weight is 331 g/mol. The highest BCUT2D eigenvalue weighted by Gasteiger charge is 2.16. The third kappa shape index (κ3) is 5.23. The number of aromatic nitrogens is 1. The summed E-state index contributed by atoms with van der Waals surface area (Å²) < 4.78 is 29.2. The van der Waals surface area contributed by atoms with Gasteiger partial charge in [0.2, 0.25) is 10.0 Å². The van der Waals surface area contributed by atoms with Crippen LogP contribution in [0.5, 0.6) is 0 Å². The molecule has 6 heteroatoms. The van der Waals surface area contributed by atoms with Crippen LogP contribution in [-0.2, 0) is 29.2 Å². The molecule has 122 valence electrons. The third-order valence-corrected chi connectivity index (χ3v) is 5.15. The summed E-state index contributed by atoms with van der Waals surface area (Å²) in [5.74, 6) is -0.114.